The van der Waals surface area contributed by atoms with Crippen LogP contribution < -0.4 is 10.2 Å². The fraction of sp³-hybridized carbons (Fsp3) is 0.364. The second-order valence-corrected chi connectivity index (χ2v) is 8.69. The van der Waals surface area contributed by atoms with Crippen molar-refractivity contribution in [3.63, 3.8) is 0 Å². The summed E-state index contributed by atoms with van der Waals surface area (Å²) in [5.74, 6) is -0.501. The van der Waals surface area contributed by atoms with Crippen molar-refractivity contribution in [2.24, 2.45) is 0 Å². The van der Waals surface area contributed by atoms with Crippen molar-refractivity contribution < 1.29 is 22.8 Å². The molecule has 3 rings (SSSR count). The first kappa shape index (κ1) is 22.2. The lowest BCUT2D eigenvalue weighted by atomic mass is 10.1. The molecule has 4 nitrogen and oxygen atoms in total. The maximum absolute atomic E-state index is 13.2. The fourth-order valence-electron chi connectivity index (χ4n) is 3.26. The molecule has 1 aliphatic heterocycles. The number of anilines is 1. The van der Waals surface area contributed by atoms with Gasteiger partial charge in [0.2, 0.25) is 11.8 Å². The van der Waals surface area contributed by atoms with Crippen LogP contribution in [-0.4, -0.2) is 30.2 Å². The summed E-state index contributed by atoms with van der Waals surface area (Å²) in [5, 5.41) is 2.90. The average Bonchev–Trinajstić information content (AvgIpc) is 2.85. The average molecular weight is 436 g/mol. The summed E-state index contributed by atoms with van der Waals surface area (Å²) >= 11 is 1.47. The molecule has 0 radical (unpaired) electrons. The third-order valence-corrected chi connectivity index (χ3v) is 6.07. The van der Waals surface area contributed by atoms with Gasteiger partial charge in [0.05, 0.1) is 17.7 Å². The van der Waals surface area contributed by atoms with E-state index in [1.165, 1.54) is 22.7 Å². The molecule has 8 heteroatoms. The van der Waals surface area contributed by atoms with Gasteiger partial charge in [-0.25, -0.2) is 0 Å². The largest absolute Gasteiger partial charge is 0.416 e. The summed E-state index contributed by atoms with van der Waals surface area (Å²) in [6.45, 7) is 2.47. The van der Waals surface area contributed by atoms with E-state index in [2.05, 4.69) is 5.32 Å². The molecule has 1 unspecified atom stereocenters. The first-order valence-electron chi connectivity index (χ1n) is 9.73. The molecule has 0 saturated carbocycles. The molecule has 0 fully saturated rings. The molecular weight excluding hydrogens is 413 g/mol. The minimum absolute atomic E-state index is 0.0231. The summed E-state index contributed by atoms with van der Waals surface area (Å²) in [4.78, 5) is 26.9. The van der Waals surface area contributed by atoms with Crippen molar-refractivity contribution in [3.05, 3.63) is 59.7 Å². The number of thioether (sulfide) groups is 1. The molecule has 1 aliphatic rings. The van der Waals surface area contributed by atoms with Gasteiger partial charge in [0.15, 0.2) is 0 Å². The zero-order chi connectivity index (χ0) is 21.7. The van der Waals surface area contributed by atoms with Crippen molar-refractivity contribution in [3.8, 4) is 0 Å². The van der Waals surface area contributed by atoms with E-state index in [-0.39, 0.29) is 36.5 Å². The molecule has 2 aromatic rings. The number of nitrogens with one attached hydrogen (secondary N) is 1. The van der Waals surface area contributed by atoms with E-state index in [0.717, 1.165) is 17.7 Å². The van der Waals surface area contributed by atoms with E-state index < -0.39 is 11.7 Å². The summed E-state index contributed by atoms with van der Waals surface area (Å²) in [6, 6.07) is 12.8. The number of nitrogens with zero attached hydrogens (tertiary/aromatic N) is 1. The van der Waals surface area contributed by atoms with Crippen molar-refractivity contribution in [2.45, 2.75) is 42.5 Å². The van der Waals surface area contributed by atoms with Gasteiger partial charge in [0, 0.05) is 29.7 Å². The Hall–Kier alpha value is -2.48. The van der Waals surface area contributed by atoms with Gasteiger partial charge in [-0.05, 0) is 30.2 Å². The summed E-state index contributed by atoms with van der Waals surface area (Å²) in [7, 11) is 0. The Balaban J connectivity index is 1.66. The Morgan fingerprint density at radius 1 is 1.17 bits per heavy atom. The molecule has 2 aromatic carbocycles. The van der Waals surface area contributed by atoms with Crippen LogP contribution in [0.15, 0.2) is 53.4 Å². The van der Waals surface area contributed by atoms with E-state index in [0.29, 0.717) is 23.5 Å². The van der Waals surface area contributed by atoms with Gasteiger partial charge in [0.1, 0.15) is 0 Å². The second-order valence-electron chi connectivity index (χ2n) is 7.21. The molecular formula is C22H23F3N2O2S. The smallest absolute Gasteiger partial charge is 0.355 e. The van der Waals surface area contributed by atoms with Gasteiger partial charge in [0.25, 0.3) is 0 Å². The molecule has 30 heavy (non-hydrogen) atoms. The lowest BCUT2D eigenvalue weighted by molar-refractivity contribution is -0.137. The number of amides is 2. The zero-order valence-electron chi connectivity index (χ0n) is 16.5. The van der Waals surface area contributed by atoms with Crippen LogP contribution >= 0.6 is 11.8 Å². The van der Waals surface area contributed by atoms with Gasteiger partial charge in [-0.15, -0.1) is 11.8 Å². The second kappa shape index (κ2) is 9.55. The highest BCUT2D eigenvalue weighted by atomic mass is 32.2. The molecule has 0 saturated heterocycles. The quantitative estimate of drug-likeness (QED) is 0.741. The van der Waals surface area contributed by atoms with E-state index in [4.69, 9.17) is 0 Å². The standard InChI is InChI=1S/C22H23F3N2O2S/c1-15-10-12-27(18-14-17(22(23,24)25)7-8-19(18)30-15)21(29)9-11-26-20(28)13-16-5-3-2-4-6-16/h2-8,14-15H,9-13H2,1H3,(H,26,28). The number of alkyl halides is 3. The molecule has 0 spiro atoms. The van der Waals surface area contributed by atoms with Crippen LogP contribution in [-0.2, 0) is 22.2 Å². The van der Waals surface area contributed by atoms with Gasteiger partial charge >= 0.3 is 6.18 Å². The number of hydrogen-bond donors (Lipinski definition) is 1. The molecule has 0 bridgehead atoms. The van der Waals surface area contributed by atoms with Gasteiger partial charge in [-0.1, -0.05) is 37.3 Å². The zero-order valence-corrected chi connectivity index (χ0v) is 17.4. The number of fused-ring (bicyclic) bond motifs is 1. The Labute approximate surface area is 177 Å². The minimum Gasteiger partial charge on any atom is -0.355 e. The maximum atomic E-state index is 13.2. The predicted molar refractivity (Wildman–Crippen MR) is 112 cm³/mol. The Kier molecular flexibility index (Phi) is 7.07. The Morgan fingerprint density at radius 2 is 1.90 bits per heavy atom. The van der Waals surface area contributed by atoms with E-state index >= 15 is 0 Å². The molecule has 0 aliphatic carbocycles. The summed E-state index contributed by atoms with van der Waals surface area (Å²) in [6.07, 6.45) is -3.56. The third-order valence-electron chi connectivity index (χ3n) is 4.83. The first-order chi connectivity index (χ1) is 14.2. The topological polar surface area (TPSA) is 49.4 Å². The van der Waals surface area contributed by atoms with Crippen LogP contribution in [0.4, 0.5) is 18.9 Å². The van der Waals surface area contributed by atoms with E-state index in [9.17, 15) is 22.8 Å². The molecule has 2 amide bonds. The third kappa shape index (κ3) is 5.78. The molecule has 160 valence electrons. The monoisotopic (exact) mass is 436 g/mol. The summed E-state index contributed by atoms with van der Waals surface area (Å²) in [5.41, 5.74) is 0.388. The Bertz CT molecular complexity index is 903. The van der Waals surface area contributed by atoms with Gasteiger partial charge < -0.3 is 10.2 Å². The van der Waals surface area contributed by atoms with Crippen molar-refractivity contribution in [1.82, 2.24) is 5.32 Å². The normalized spacial score (nSPS) is 16.5. The summed E-state index contributed by atoms with van der Waals surface area (Å²) < 4.78 is 39.5. The number of benzene rings is 2. The molecule has 1 N–H and O–H groups in total. The van der Waals surface area contributed by atoms with E-state index in [1.807, 2.05) is 37.3 Å². The number of halogens is 3. The lowest BCUT2D eigenvalue weighted by Crippen LogP contribution is -2.36. The van der Waals surface area contributed by atoms with Crippen LogP contribution in [0.2, 0.25) is 0 Å². The highest BCUT2D eigenvalue weighted by molar-refractivity contribution is 8.00. The predicted octanol–water partition coefficient (Wildman–Crippen LogP) is 4.67. The van der Waals surface area contributed by atoms with Gasteiger partial charge in [-0.3, -0.25) is 9.59 Å². The van der Waals surface area contributed by atoms with Crippen LogP contribution in [0.25, 0.3) is 0 Å². The SMILES string of the molecule is CC1CCN(C(=O)CCNC(=O)Cc2ccccc2)c2cc(C(F)(F)F)ccc2S1. The van der Waals surface area contributed by atoms with Gasteiger partial charge in [-0.2, -0.15) is 13.2 Å². The highest BCUT2D eigenvalue weighted by Gasteiger charge is 2.33. The first-order valence-corrected chi connectivity index (χ1v) is 10.6. The van der Waals surface area contributed by atoms with Crippen molar-refractivity contribution in [1.29, 1.82) is 0 Å². The van der Waals surface area contributed by atoms with Crippen LogP contribution in [0, 0.1) is 0 Å². The number of carbonyl (C=O) groups excluding carboxylic acids is 2. The molecule has 1 heterocycles. The van der Waals surface area contributed by atoms with Crippen LogP contribution in [0.1, 0.15) is 30.9 Å². The molecule has 0 aromatic heterocycles. The Morgan fingerprint density at radius 3 is 2.60 bits per heavy atom. The van der Waals surface area contributed by atoms with Crippen molar-refractivity contribution >= 4 is 29.3 Å². The maximum Gasteiger partial charge on any atom is 0.416 e. The minimum atomic E-state index is -4.47. The number of rotatable bonds is 5. The number of hydrogen-bond acceptors (Lipinski definition) is 3. The lowest BCUT2D eigenvalue weighted by Gasteiger charge is -2.24. The number of carbonyl (C=O) groups is 2. The van der Waals surface area contributed by atoms with Crippen LogP contribution in [0.5, 0.6) is 0 Å². The molecule has 1 atom stereocenters. The van der Waals surface area contributed by atoms with E-state index in [1.54, 1.807) is 0 Å². The highest BCUT2D eigenvalue weighted by Crippen LogP contribution is 2.41. The fourth-order valence-corrected chi connectivity index (χ4v) is 4.35. The van der Waals surface area contributed by atoms with Crippen molar-refractivity contribution in [2.75, 3.05) is 18.0 Å². The van der Waals surface area contributed by atoms with Crippen LogP contribution in [0.3, 0.4) is 0 Å².